The van der Waals surface area contributed by atoms with Gasteiger partial charge in [0.25, 0.3) is 17.7 Å². The van der Waals surface area contributed by atoms with Crippen molar-refractivity contribution >= 4 is 23.4 Å². The van der Waals surface area contributed by atoms with E-state index in [0.717, 1.165) is 32.1 Å². The molecule has 0 saturated heterocycles. The maximum absolute atomic E-state index is 14.7. The second-order valence-corrected chi connectivity index (χ2v) is 8.50. The van der Waals surface area contributed by atoms with Crippen molar-refractivity contribution in [2.75, 3.05) is 5.32 Å². The van der Waals surface area contributed by atoms with Crippen molar-refractivity contribution in [1.82, 2.24) is 14.5 Å². The van der Waals surface area contributed by atoms with Gasteiger partial charge in [-0.15, -0.1) is 0 Å². The van der Waals surface area contributed by atoms with Crippen LogP contribution >= 0.6 is 0 Å². The van der Waals surface area contributed by atoms with Crippen LogP contribution in [0, 0.1) is 12.7 Å². The zero-order valence-electron chi connectivity index (χ0n) is 18.2. The number of hydrogen-bond donors (Lipinski definition) is 1. The number of carbonyl (C=O) groups excluding carboxylic acids is 3. The quantitative estimate of drug-likeness (QED) is 0.598. The van der Waals surface area contributed by atoms with E-state index in [1.54, 1.807) is 36.0 Å². The number of carbonyl (C=O) groups is 3. The third kappa shape index (κ3) is 3.71. The molecule has 1 aromatic heterocycles. The van der Waals surface area contributed by atoms with Gasteiger partial charge in [0.15, 0.2) is 0 Å². The third-order valence-electron chi connectivity index (χ3n) is 6.41. The molecule has 1 aliphatic heterocycles. The first-order valence-corrected chi connectivity index (χ1v) is 11.1. The third-order valence-corrected chi connectivity index (χ3v) is 6.41. The van der Waals surface area contributed by atoms with E-state index < -0.39 is 11.7 Å². The van der Waals surface area contributed by atoms with Crippen LogP contribution in [0.3, 0.4) is 0 Å². The number of halogens is 1. The van der Waals surface area contributed by atoms with Crippen LogP contribution in [0.25, 0.3) is 5.69 Å². The summed E-state index contributed by atoms with van der Waals surface area (Å²) in [5, 5.41) is 2.66. The Morgan fingerprint density at radius 3 is 2.48 bits per heavy atom. The lowest BCUT2D eigenvalue weighted by Gasteiger charge is -2.29. The van der Waals surface area contributed by atoms with Crippen LogP contribution in [0.5, 0.6) is 0 Å². The van der Waals surface area contributed by atoms with Gasteiger partial charge >= 0.3 is 0 Å². The normalized spacial score (nSPS) is 16.2. The van der Waals surface area contributed by atoms with Gasteiger partial charge in [-0.2, -0.15) is 0 Å². The van der Waals surface area contributed by atoms with Crippen LogP contribution in [-0.4, -0.2) is 38.2 Å². The molecule has 2 heterocycles. The van der Waals surface area contributed by atoms with Crippen molar-refractivity contribution in [3.63, 3.8) is 0 Å². The van der Waals surface area contributed by atoms with Gasteiger partial charge < -0.3 is 9.88 Å². The number of amides is 3. The Morgan fingerprint density at radius 1 is 1.03 bits per heavy atom. The molecular weight excluding hydrogens is 423 g/mol. The van der Waals surface area contributed by atoms with E-state index in [9.17, 15) is 18.8 Å². The topological polar surface area (TPSA) is 84.3 Å². The van der Waals surface area contributed by atoms with Crippen LogP contribution in [0.15, 0.2) is 48.8 Å². The lowest BCUT2D eigenvalue weighted by Crippen LogP contribution is -2.40. The molecule has 0 radical (unpaired) electrons. The van der Waals surface area contributed by atoms with Crippen LogP contribution < -0.4 is 5.32 Å². The van der Waals surface area contributed by atoms with Gasteiger partial charge in [0, 0.05) is 29.7 Å². The van der Waals surface area contributed by atoms with Crippen LogP contribution in [0.2, 0.25) is 0 Å². The van der Waals surface area contributed by atoms with Crippen LogP contribution in [0.4, 0.5) is 10.1 Å². The predicted octanol–water partition coefficient (Wildman–Crippen LogP) is 4.50. The highest BCUT2D eigenvalue weighted by Crippen LogP contribution is 2.31. The summed E-state index contributed by atoms with van der Waals surface area (Å²) in [6, 6.07) is 8.81. The fraction of sp³-hybridized carbons (Fsp3) is 0.280. The summed E-state index contributed by atoms with van der Waals surface area (Å²) in [7, 11) is 0. The van der Waals surface area contributed by atoms with E-state index in [2.05, 4.69) is 10.3 Å². The molecule has 3 aromatic rings. The number of benzene rings is 2. The van der Waals surface area contributed by atoms with Crippen molar-refractivity contribution in [3.8, 4) is 5.69 Å². The molecule has 1 N–H and O–H groups in total. The highest BCUT2D eigenvalue weighted by atomic mass is 19.1. The summed E-state index contributed by atoms with van der Waals surface area (Å²) in [6.45, 7) is 1.77. The largest absolute Gasteiger partial charge is 0.322 e. The fourth-order valence-electron chi connectivity index (χ4n) is 4.69. The lowest BCUT2D eigenvalue weighted by atomic mass is 9.94. The molecule has 1 fully saturated rings. The molecule has 8 heteroatoms. The molecule has 168 valence electrons. The minimum Gasteiger partial charge on any atom is -0.322 e. The summed E-state index contributed by atoms with van der Waals surface area (Å²) in [4.78, 5) is 44.1. The van der Waals surface area contributed by atoms with E-state index in [0.29, 0.717) is 17.1 Å². The number of hydrogen-bond acceptors (Lipinski definition) is 4. The van der Waals surface area contributed by atoms with Gasteiger partial charge in [-0.05, 0) is 56.2 Å². The first-order chi connectivity index (χ1) is 15.9. The van der Waals surface area contributed by atoms with E-state index in [-0.39, 0.29) is 34.7 Å². The summed E-state index contributed by atoms with van der Waals surface area (Å²) in [5.74, 6) is -0.985. The van der Waals surface area contributed by atoms with Crippen LogP contribution in [0.1, 0.15) is 69.0 Å². The van der Waals surface area contributed by atoms with Gasteiger partial charge in [0.1, 0.15) is 11.6 Å². The van der Waals surface area contributed by atoms with Crippen molar-refractivity contribution in [3.05, 3.63) is 77.1 Å². The Balaban J connectivity index is 1.35. The minimum absolute atomic E-state index is 0.0796. The number of imidazole rings is 1. The highest BCUT2D eigenvalue weighted by Gasteiger charge is 2.40. The van der Waals surface area contributed by atoms with Crippen molar-refractivity contribution in [2.24, 2.45) is 0 Å². The lowest BCUT2D eigenvalue weighted by molar-refractivity contribution is 0.0549. The molecule has 2 aliphatic rings. The number of anilines is 1. The van der Waals surface area contributed by atoms with Crippen molar-refractivity contribution in [1.29, 1.82) is 0 Å². The van der Waals surface area contributed by atoms with Crippen molar-refractivity contribution < 1.29 is 18.8 Å². The van der Waals surface area contributed by atoms with Gasteiger partial charge in [-0.25, -0.2) is 9.37 Å². The predicted molar refractivity (Wildman–Crippen MR) is 120 cm³/mol. The molecule has 7 nitrogen and oxygen atoms in total. The standard InChI is InChI=1S/C25H23FN4O3/c1-15-27-11-12-29(15)22-10-8-17(14-21(22)26)28-23(31)16-7-9-19-20(13-16)25(33)30(24(19)32)18-5-3-2-4-6-18/h7-14,18H,2-6H2,1H3,(H,28,31). The average Bonchev–Trinajstić information content (AvgIpc) is 3.35. The fourth-order valence-corrected chi connectivity index (χ4v) is 4.69. The molecular formula is C25H23FN4O3. The zero-order chi connectivity index (χ0) is 23.1. The summed E-state index contributed by atoms with van der Waals surface area (Å²) in [5.41, 5.74) is 1.41. The Kier molecular flexibility index (Phi) is 5.28. The van der Waals surface area contributed by atoms with Gasteiger partial charge in [0.2, 0.25) is 0 Å². The minimum atomic E-state index is -0.508. The van der Waals surface area contributed by atoms with E-state index in [4.69, 9.17) is 0 Å². The number of nitrogens with one attached hydrogen (secondary N) is 1. The van der Waals surface area contributed by atoms with Gasteiger partial charge in [0.05, 0.1) is 16.8 Å². The number of imide groups is 1. The van der Waals surface area contributed by atoms with E-state index in [1.165, 1.54) is 29.2 Å². The average molecular weight is 446 g/mol. The Bertz CT molecular complexity index is 1280. The molecule has 1 saturated carbocycles. The molecule has 0 unspecified atom stereocenters. The van der Waals surface area contributed by atoms with E-state index in [1.807, 2.05) is 0 Å². The Labute approximate surface area is 190 Å². The van der Waals surface area contributed by atoms with Gasteiger partial charge in [-0.3, -0.25) is 19.3 Å². The van der Waals surface area contributed by atoms with Crippen LogP contribution in [-0.2, 0) is 0 Å². The molecule has 33 heavy (non-hydrogen) atoms. The maximum Gasteiger partial charge on any atom is 0.261 e. The molecule has 1 aliphatic carbocycles. The number of nitrogens with zero attached hydrogens (tertiary/aromatic N) is 3. The second kappa shape index (κ2) is 8.27. The number of aromatic nitrogens is 2. The second-order valence-electron chi connectivity index (χ2n) is 8.50. The number of rotatable bonds is 4. The number of aryl methyl sites for hydroxylation is 1. The van der Waals surface area contributed by atoms with Gasteiger partial charge in [-0.1, -0.05) is 19.3 Å². The maximum atomic E-state index is 14.7. The molecule has 0 bridgehead atoms. The first-order valence-electron chi connectivity index (χ1n) is 11.1. The molecule has 0 spiro atoms. The zero-order valence-corrected chi connectivity index (χ0v) is 18.2. The Morgan fingerprint density at radius 2 is 1.79 bits per heavy atom. The SMILES string of the molecule is Cc1nccn1-c1ccc(NC(=O)c2ccc3c(c2)C(=O)N(C2CCCCC2)C3=O)cc1F. The number of fused-ring (bicyclic) bond motifs is 1. The van der Waals surface area contributed by atoms with E-state index >= 15 is 0 Å². The molecule has 2 aromatic carbocycles. The summed E-state index contributed by atoms with van der Waals surface area (Å²) in [6.07, 6.45) is 8.00. The summed E-state index contributed by atoms with van der Waals surface area (Å²) < 4.78 is 16.3. The van der Waals surface area contributed by atoms with Crippen molar-refractivity contribution in [2.45, 2.75) is 45.1 Å². The molecule has 5 rings (SSSR count). The molecule has 0 atom stereocenters. The smallest absolute Gasteiger partial charge is 0.261 e. The summed E-state index contributed by atoms with van der Waals surface area (Å²) >= 11 is 0. The first kappa shape index (κ1) is 21.1. The monoisotopic (exact) mass is 446 g/mol. The Hall–Kier alpha value is -3.81. The highest BCUT2D eigenvalue weighted by molar-refractivity contribution is 6.22. The molecule has 3 amide bonds.